The Kier molecular flexibility index (Phi) is 5.75. The van der Waals surface area contributed by atoms with E-state index in [1.165, 1.54) is 17.1 Å². The smallest absolute Gasteiger partial charge is 0.246 e. The molecule has 0 saturated carbocycles. The molecule has 2 saturated heterocycles. The minimum Gasteiger partial charge on any atom is -0.489 e. The van der Waals surface area contributed by atoms with Crippen LogP contribution in [0.15, 0.2) is 42.7 Å². The van der Waals surface area contributed by atoms with Gasteiger partial charge in [0.05, 0.1) is 24.9 Å². The van der Waals surface area contributed by atoms with Crippen LogP contribution in [0.2, 0.25) is 0 Å². The molecule has 1 unspecified atom stereocenters. The van der Waals surface area contributed by atoms with Crippen molar-refractivity contribution in [2.75, 3.05) is 31.6 Å². The molecule has 168 valence electrons. The molecule has 7 nitrogen and oxygen atoms in total. The first-order chi connectivity index (χ1) is 15.5. The first kappa shape index (κ1) is 20.8. The molecule has 5 rings (SSSR count). The van der Waals surface area contributed by atoms with Gasteiger partial charge in [0, 0.05) is 24.4 Å². The maximum absolute atomic E-state index is 13.5. The van der Waals surface area contributed by atoms with Crippen molar-refractivity contribution in [3.8, 4) is 11.4 Å². The number of likely N-dealkylation sites (tertiary alicyclic amines) is 1. The van der Waals surface area contributed by atoms with E-state index in [0.29, 0.717) is 17.7 Å². The lowest BCUT2D eigenvalue weighted by molar-refractivity contribution is -0.0825. The summed E-state index contributed by atoms with van der Waals surface area (Å²) in [5, 5.41) is 7.48. The van der Waals surface area contributed by atoms with Crippen LogP contribution in [-0.4, -0.2) is 58.1 Å². The van der Waals surface area contributed by atoms with Crippen molar-refractivity contribution in [1.82, 2.24) is 19.7 Å². The van der Waals surface area contributed by atoms with Gasteiger partial charge in [0.15, 0.2) is 11.6 Å². The third-order valence-corrected chi connectivity index (χ3v) is 5.82. The third-order valence-electron chi connectivity index (χ3n) is 5.82. The molecular weight excluding hydrogens is 416 g/mol. The van der Waals surface area contributed by atoms with Crippen molar-refractivity contribution in [2.45, 2.75) is 31.9 Å². The quantitative estimate of drug-likeness (QED) is 0.627. The molecule has 32 heavy (non-hydrogen) atoms. The average Bonchev–Trinajstić information content (AvgIpc) is 3.17. The number of hydrogen-bond acceptors (Lipinski definition) is 6. The fourth-order valence-corrected chi connectivity index (χ4v) is 4.11. The second-order valence-corrected chi connectivity index (χ2v) is 8.34. The molecule has 3 aromatic rings. The number of nitrogens with one attached hydrogen (secondary N) is 1. The molecule has 0 amide bonds. The molecule has 1 aromatic heterocycles. The SMILES string of the molecule is Cc1cc(Nc2ncn(-c3ccc(F)c(F)c3)n2)cc(OC2CCCN(C3COC3)C2)c1. The lowest BCUT2D eigenvalue weighted by Crippen LogP contribution is -2.54. The highest BCUT2D eigenvalue weighted by Crippen LogP contribution is 2.27. The van der Waals surface area contributed by atoms with Gasteiger partial charge in [-0.3, -0.25) is 4.90 Å². The molecule has 0 bridgehead atoms. The maximum Gasteiger partial charge on any atom is 0.246 e. The van der Waals surface area contributed by atoms with Crippen molar-refractivity contribution < 1.29 is 18.3 Å². The van der Waals surface area contributed by atoms with Crippen molar-refractivity contribution in [3.63, 3.8) is 0 Å². The number of nitrogens with zero attached hydrogens (tertiary/aromatic N) is 4. The first-order valence-corrected chi connectivity index (χ1v) is 10.8. The molecule has 2 fully saturated rings. The van der Waals surface area contributed by atoms with Crippen molar-refractivity contribution >= 4 is 11.6 Å². The van der Waals surface area contributed by atoms with Crippen molar-refractivity contribution in [1.29, 1.82) is 0 Å². The second-order valence-electron chi connectivity index (χ2n) is 8.34. The third kappa shape index (κ3) is 4.58. The van der Waals surface area contributed by atoms with Crippen LogP contribution in [0.3, 0.4) is 0 Å². The molecule has 1 N–H and O–H groups in total. The monoisotopic (exact) mass is 441 g/mol. The number of halogens is 2. The molecule has 0 radical (unpaired) electrons. The zero-order chi connectivity index (χ0) is 22.1. The lowest BCUT2D eigenvalue weighted by Gasteiger charge is -2.41. The predicted molar refractivity (Wildman–Crippen MR) is 116 cm³/mol. The lowest BCUT2D eigenvalue weighted by atomic mass is 10.0. The predicted octanol–water partition coefficient (Wildman–Crippen LogP) is 3.84. The highest BCUT2D eigenvalue weighted by atomic mass is 19.2. The van der Waals surface area contributed by atoms with Gasteiger partial charge >= 0.3 is 0 Å². The molecule has 2 aromatic carbocycles. The normalized spacial score (nSPS) is 19.5. The summed E-state index contributed by atoms with van der Waals surface area (Å²) in [6, 6.07) is 10.0. The number of aryl methyl sites for hydroxylation is 1. The Morgan fingerprint density at radius 3 is 2.78 bits per heavy atom. The van der Waals surface area contributed by atoms with Gasteiger partial charge < -0.3 is 14.8 Å². The standard InChI is InChI=1S/C23H25F2N5O2/c1-15-7-16(27-23-26-14-30(28-23)17-4-5-21(24)22(25)10-17)9-20(8-15)32-19-3-2-6-29(11-19)18-12-31-13-18/h4-5,7-10,14,18-19H,2-3,6,11-13H2,1H3,(H,27,28). The molecule has 9 heteroatoms. The van der Waals surface area contributed by atoms with E-state index in [2.05, 4.69) is 20.3 Å². The van der Waals surface area contributed by atoms with Gasteiger partial charge in [-0.25, -0.2) is 13.5 Å². The zero-order valence-corrected chi connectivity index (χ0v) is 17.8. The minimum atomic E-state index is -0.931. The van der Waals surface area contributed by atoms with Crippen LogP contribution < -0.4 is 10.1 Å². The largest absolute Gasteiger partial charge is 0.489 e. The summed E-state index contributed by atoms with van der Waals surface area (Å²) in [4.78, 5) is 6.69. The van der Waals surface area contributed by atoms with E-state index in [-0.39, 0.29) is 6.10 Å². The number of anilines is 2. The summed E-state index contributed by atoms with van der Waals surface area (Å²) in [6.45, 7) is 5.64. The molecule has 0 spiro atoms. The van der Waals surface area contributed by atoms with Gasteiger partial charge in [-0.05, 0) is 56.1 Å². The molecule has 0 aliphatic carbocycles. The van der Waals surface area contributed by atoms with Crippen molar-refractivity contribution in [3.05, 3.63) is 59.9 Å². The highest BCUT2D eigenvalue weighted by molar-refractivity contribution is 5.57. The topological polar surface area (TPSA) is 64.4 Å². The number of aromatic nitrogens is 3. The van der Waals surface area contributed by atoms with Crippen LogP contribution in [0.1, 0.15) is 18.4 Å². The number of ether oxygens (including phenoxy) is 2. The summed E-state index contributed by atoms with van der Waals surface area (Å²) >= 11 is 0. The summed E-state index contributed by atoms with van der Waals surface area (Å²) in [5.41, 5.74) is 2.23. The van der Waals surface area contributed by atoms with Gasteiger partial charge in [-0.2, -0.15) is 4.98 Å². The van der Waals surface area contributed by atoms with E-state index in [0.717, 1.165) is 68.3 Å². The van der Waals surface area contributed by atoms with Crippen LogP contribution >= 0.6 is 0 Å². The van der Waals surface area contributed by atoms with Gasteiger partial charge in [0.25, 0.3) is 0 Å². The molecule has 2 aliphatic heterocycles. The average molecular weight is 441 g/mol. The van der Waals surface area contributed by atoms with E-state index < -0.39 is 11.6 Å². The Hall–Kier alpha value is -3.04. The summed E-state index contributed by atoms with van der Waals surface area (Å²) in [5.74, 6) is -0.690. The number of benzene rings is 2. The Labute approximate surface area is 185 Å². The van der Waals surface area contributed by atoms with E-state index in [1.54, 1.807) is 0 Å². The summed E-state index contributed by atoms with van der Waals surface area (Å²) in [7, 11) is 0. The van der Waals surface area contributed by atoms with Gasteiger partial charge in [-0.15, -0.1) is 5.10 Å². The Bertz CT molecular complexity index is 1100. The molecule has 3 heterocycles. The Morgan fingerprint density at radius 1 is 1.12 bits per heavy atom. The number of hydrogen-bond donors (Lipinski definition) is 1. The summed E-state index contributed by atoms with van der Waals surface area (Å²) in [6.07, 6.45) is 3.73. The van der Waals surface area contributed by atoms with E-state index >= 15 is 0 Å². The fourth-order valence-electron chi connectivity index (χ4n) is 4.11. The van der Waals surface area contributed by atoms with Gasteiger partial charge in [-0.1, -0.05) is 0 Å². The summed E-state index contributed by atoms with van der Waals surface area (Å²) < 4.78 is 39.7. The van der Waals surface area contributed by atoms with Crippen molar-refractivity contribution in [2.24, 2.45) is 0 Å². The first-order valence-electron chi connectivity index (χ1n) is 10.8. The van der Waals surface area contributed by atoms with Crippen LogP contribution in [0.5, 0.6) is 5.75 Å². The number of rotatable bonds is 6. The Balaban J connectivity index is 1.27. The molecule has 2 aliphatic rings. The van der Waals surface area contributed by atoms with Crippen LogP contribution in [0.4, 0.5) is 20.4 Å². The van der Waals surface area contributed by atoms with Gasteiger partial charge in [0.1, 0.15) is 18.2 Å². The van der Waals surface area contributed by atoms with Crippen LogP contribution in [-0.2, 0) is 4.74 Å². The molecule has 1 atom stereocenters. The van der Waals surface area contributed by atoms with Gasteiger partial charge in [0.2, 0.25) is 5.95 Å². The maximum atomic E-state index is 13.5. The van der Waals surface area contributed by atoms with Crippen LogP contribution in [0.25, 0.3) is 5.69 Å². The Morgan fingerprint density at radius 2 is 2.00 bits per heavy atom. The van der Waals surface area contributed by atoms with E-state index in [9.17, 15) is 8.78 Å². The number of piperidine rings is 1. The van der Waals surface area contributed by atoms with E-state index in [4.69, 9.17) is 9.47 Å². The van der Waals surface area contributed by atoms with Crippen LogP contribution in [0, 0.1) is 18.6 Å². The fraction of sp³-hybridized carbons (Fsp3) is 0.391. The minimum absolute atomic E-state index is 0.143. The van der Waals surface area contributed by atoms with E-state index in [1.807, 2.05) is 25.1 Å². The molecular formula is C23H25F2N5O2. The zero-order valence-electron chi connectivity index (χ0n) is 17.8. The highest BCUT2D eigenvalue weighted by Gasteiger charge is 2.31. The second kappa shape index (κ2) is 8.84.